The van der Waals surface area contributed by atoms with Crippen molar-refractivity contribution in [2.45, 2.75) is 20.3 Å². The molecule has 1 aromatic rings. The second-order valence-corrected chi connectivity index (χ2v) is 4.68. The molecule has 0 amide bonds. The van der Waals surface area contributed by atoms with Crippen LogP contribution >= 0.6 is 0 Å². The first-order valence-electron chi connectivity index (χ1n) is 6.87. The molecule has 4 N–H and O–H groups in total. The highest BCUT2D eigenvalue weighted by Gasteiger charge is 2.09. The minimum Gasteiger partial charge on any atom is -0.383 e. The summed E-state index contributed by atoms with van der Waals surface area (Å²) in [6, 6.07) is 0. The summed E-state index contributed by atoms with van der Waals surface area (Å²) in [4.78, 5) is 11.0. The molecule has 0 aliphatic heterocycles. The van der Waals surface area contributed by atoms with E-state index < -0.39 is 0 Å². The van der Waals surface area contributed by atoms with Crippen molar-refractivity contribution < 1.29 is 4.74 Å². The van der Waals surface area contributed by atoms with Crippen LogP contribution in [-0.2, 0) is 11.2 Å². The average Bonchev–Trinajstić information content (AvgIpc) is 2.46. The molecule has 7 nitrogen and oxygen atoms in total. The van der Waals surface area contributed by atoms with E-state index in [1.54, 1.807) is 7.11 Å². The molecule has 0 aliphatic carbocycles. The van der Waals surface area contributed by atoms with Crippen LogP contribution in [0.5, 0.6) is 0 Å². The van der Waals surface area contributed by atoms with Gasteiger partial charge in [0.15, 0.2) is 0 Å². The fourth-order valence-electron chi connectivity index (χ4n) is 1.76. The van der Waals surface area contributed by atoms with Crippen LogP contribution in [0.4, 0.5) is 11.6 Å². The van der Waals surface area contributed by atoms with Gasteiger partial charge < -0.3 is 20.4 Å². The van der Waals surface area contributed by atoms with Gasteiger partial charge >= 0.3 is 0 Å². The average molecular weight is 282 g/mol. The number of aromatic nitrogens is 2. The van der Waals surface area contributed by atoms with Crippen molar-refractivity contribution >= 4 is 11.6 Å². The van der Waals surface area contributed by atoms with Crippen molar-refractivity contribution in [2.75, 3.05) is 51.1 Å². The molecular formula is C13H26N6O. The van der Waals surface area contributed by atoms with Crippen molar-refractivity contribution in [2.24, 2.45) is 5.84 Å². The Hall–Kier alpha value is -1.44. The van der Waals surface area contributed by atoms with Crippen LogP contribution in [0.3, 0.4) is 0 Å². The minimum atomic E-state index is 0.673. The van der Waals surface area contributed by atoms with E-state index in [9.17, 15) is 0 Å². The van der Waals surface area contributed by atoms with Gasteiger partial charge in [-0.15, -0.1) is 0 Å². The third kappa shape index (κ3) is 4.92. The third-order valence-corrected chi connectivity index (χ3v) is 3.11. The zero-order valence-corrected chi connectivity index (χ0v) is 12.9. The Labute approximate surface area is 120 Å². The number of hydrogen-bond acceptors (Lipinski definition) is 7. The predicted molar refractivity (Wildman–Crippen MR) is 81.8 cm³/mol. The summed E-state index contributed by atoms with van der Waals surface area (Å²) in [5, 5.41) is 3.34. The summed E-state index contributed by atoms with van der Waals surface area (Å²) in [7, 11) is 3.78. The summed E-state index contributed by atoms with van der Waals surface area (Å²) in [5.41, 5.74) is 3.55. The summed E-state index contributed by atoms with van der Waals surface area (Å²) in [6.07, 6.45) is 0.775. The molecule has 1 heterocycles. The highest BCUT2D eigenvalue weighted by Crippen LogP contribution is 2.19. The highest BCUT2D eigenvalue weighted by molar-refractivity contribution is 5.56. The number of nitrogens with one attached hydrogen (secondary N) is 2. The number of aryl methyl sites for hydroxylation is 1. The minimum absolute atomic E-state index is 0.673. The maximum atomic E-state index is 5.48. The molecule has 0 aliphatic rings. The van der Waals surface area contributed by atoms with Gasteiger partial charge in [-0.2, -0.15) is 0 Å². The quantitative estimate of drug-likeness (QED) is 0.452. The third-order valence-electron chi connectivity index (χ3n) is 3.11. The van der Waals surface area contributed by atoms with Crippen LogP contribution < -0.4 is 16.6 Å². The van der Waals surface area contributed by atoms with Crippen LogP contribution in [0, 0.1) is 6.92 Å². The van der Waals surface area contributed by atoms with Gasteiger partial charge in [-0.1, -0.05) is 6.92 Å². The number of nitrogens with two attached hydrogens (primary N) is 1. The summed E-state index contributed by atoms with van der Waals surface area (Å²) in [5.74, 6) is 7.77. The van der Waals surface area contributed by atoms with E-state index in [1.165, 1.54) is 0 Å². The molecule has 0 fully saturated rings. The van der Waals surface area contributed by atoms with Gasteiger partial charge in [-0.3, -0.25) is 0 Å². The molecule has 1 rings (SSSR count). The van der Waals surface area contributed by atoms with Crippen LogP contribution in [0.15, 0.2) is 0 Å². The summed E-state index contributed by atoms with van der Waals surface area (Å²) >= 11 is 0. The fraction of sp³-hybridized carbons (Fsp3) is 0.692. The molecule has 114 valence electrons. The molecular weight excluding hydrogens is 256 g/mol. The molecule has 0 aromatic carbocycles. The molecule has 20 heavy (non-hydrogen) atoms. The fourth-order valence-corrected chi connectivity index (χ4v) is 1.76. The largest absolute Gasteiger partial charge is 0.383 e. The number of likely N-dealkylation sites (N-methyl/N-ethyl adjacent to an activating group) is 1. The molecule has 0 spiro atoms. The van der Waals surface area contributed by atoms with E-state index in [1.807, 2.05) is 13.8 Å². The Kier molecular flexibility index (Phi) is 7.21. The van der Waals surface area contributed by atoms with Gasteiger partial charge in [0, 0.05) is 38.7 Å². The maximum absolute atomic E-state index is 5.48. The zero-order chi connectivity index (χ0) is 15.0. The zero-order valence-electron chi connectivity index (χ0n) is 12.9. The number of rotatable bonds is 9. The number of ether oxygens (including phenoxy) is 1. The number of anilines is 2. The second-order valence-electron chi connectivity index (χ2n) is 4.68. The molecule has 0 bridgehead atoms. The van der Waals surface area contributed by atoms with Crippen molar-refractivity contribution in [3.05, 3.63) is 11.4 Å². The Morgan fingerprint density at radius 2 is 1.95 bits per heavy atom. The maximum Gasteiger partial charge on any atom is 0.148 e. The number of nitrogen functional groups attached to an aromatic ring is 1. The SMILES string of the molecule is CCc1nc(NN)c(C)c(NCCN(C)CCOC)n1. The van der Waals surface area contributed by atoms with E-state index in [4.69, 9.17) is 10.6 Å². The van der Waals surface area contributed by atoms with Crippen LogP contribution in [-0.4, -0.2) is 55.3 Å². The van der Waals surface area contributed by atoms with Crippen LogP contribution in [0.1, 0.15) is 18.3 Å². The molecule has 1 aromatic heterocycles. The van der Waals surface area contributed by atoms with Crippen molar-refractivity contribution in [1.82, 2.24) is 14.9 Å². The molecule has 0 saturated heterocycles. The Morgan fingerprint density at radius 1 is 1.25 bits per heavy atom. The lowest BCUT2D eigenvalue weighted by Gasteiger charge is -2.18. The number of hydrogen-bond donors (Lipinski definition) is 3. The van der Waals surface area contributed by atoms with Crippen molar-refractivity contribution in [1.29, 1.82) is 0 Å². The van der Waals surface area contributed by atoms with Gasteiger partial charge in [-0.05, 0) is 14.0 Å². The Bertz CT molecular complexity index is 412. The number of methoxy groups -OCH3 is 1. The predicted octanol–water partition coefficient (Wildman–Crippen LogP) is 0.623. The Morgan fingerprint density at radius 3 is 2.55 bits per heavy atom. The highest BCUT2D eigenvalue weighted by atomic mass is 16.5. The normalized spacial score (nSPS) is 10.9. The van der Waals surface area contributed by atoms with Crippen LogP contribution in [0.25, 0.3) is 0 Å². The van der Waals surface area contributed by atoms with Gasteiger partial charge in [0.05, 0.1) is 6.61 Å². The second kappa shape index (κ2) is 8.68. The standard InChI is InChI=1S/C13H26N6O/c1-5-11-16-12(10(2)13(17-11)18-14)15-6-7-19(3)8-9-20-4/h5-9,14H2,1-4H3,(H2,15,16,17,18). The summed E-state index contributed by atoms with van der Waals surface area (Å²) in [6.45, 7) is 7.35. The van der Waals surface area contributed by atoms with E-state index in [0.717, 1.165) is 49.9 Å². The van der Waals surface area contributed by atoms with Crippen molar-refractivity contribution in [3.63, 3.8) is 0 Å². The molecule has 0 atom stereocenters. The molecule has 0 saturated carbocycles. The lowest BCUT2D eigenvalue weighted by atomic mass is 10.3. The lowest BCUT2D eigenvalue weighted by molar-refractivity contribution is 0.163. The van der Waals surface area contributed by atoms with Gasteiger partial charge in [0.25, 0.3) is 0 Å². The topological polar surface area (TPSA) is 88.3 Å². The van der Waals surface area contributed by atoms with Gasteiger partial charge in [0.2, 0.25) is 0 Å². The first kappa shape index (κ1) is 16.6. The lowest BCUT2D eigenvalue weighted by Crippen LogP contribution is -2.28. The smallest absolute Gasteiger partial charge is 0.148 e. The number of nitrogens with zero attached hydrogens (tertiary/aromatic N) is 3. The van der Waals surface area contributed by atoms with E-state index in [0.29, 0.717) is 5.82 Å². The van der Waals surface area contributed by atoms with E-state index >= 15 is 0 Å². The Balaban J connectivity index is 2.58. The van der Waals surface area contributed by atoms with E-state index in [2.05, 4.69) is 32.7 Å². The molecule has 7 heteroatoms. The first-order chi connectivity index (χ1) is 9.62. The van der Waals surface area contributed by atoms with Crippen molar-refractivity contribution in [3.8, 4) is 0 Å². The first-order valence-corrected chi connectivity index (χ1v) is 6.87. The van der Waals surface area contributed by atoms with Gasteiger partial charge in [-0.25, -0.2) is 15.8 Å². The molecule has 0 unspecified atom stereocenters. The van der Waals surface area contributed by atoms with Gasteiger partial charge in [0.1, 0.15) is 17.5 Å². The number of hydrazine groups is 1. The van der Waals surface area contributed by atoms with Crippen LogP contribution in [0.2, 0.25) is 0 Å². The monoisotopic (exact) mass is 282 g/mol. The van der Waals surface area contributed by atoms with E-state index in [-0.39, 0.29) is 0 Å². The molecule has 0 radical (unpaired) electrons. The summed E-state index contributed by atoms with van der Waals surface area (Å²) < 4.78 is 5.05.